The molecule has 5 heteroatoms. The molecule has 0 fully saturated rings. The van der Waals surface area contributed by atoms with Gasteiger partial charge in [-0.3, -0.25) is 0 Å². The summed E-state index contributed by atoms with van der Waals surface area (Å²) in [6, 6.07) is 9.57. The van der Waals surface area contributed by atoms with Crippen molar-refractivity contribution in [3.05, 3.63) is 49.6 Å². The van der Waals surface area contributed by atoms with Gasteiger partial charge < -0.3 is 10.5 Å². The molecule has 2 nitrogen and oxygen atoms in total. The Balaban J connectivity index is 2.20. The van der Waals surface area contributed by atoms with Crippen molar-refractivity contribution in [1.82, 2.24) is 0 Å². The van der Waals surface area contributed by atoms with Gasteiger partial charge in [-0.25, -0.2) is 0 Å². The number of methoxy groups -OCH3 is 1. The highest BCUT2D eigenvalue weighted by molar-refractivity contribution is 9.11. The third kappa shape index (κ3) is 3.26. The van der Waals surface area contributed by atoms with Crippen LogP contribution < -0.4 is 10.5 Å². The zero-order valence-corrected chi connectivity index (χ0v) is 13.0. The van der Waals surface area contributed by atoms with Crippen molar-refractivity contribution >= 4 is 38.9 Å². The zero-order chi connectivity index (χ0) is 13.1. The first-order chi connectivity index (χ1) is 8.60. The average Bonchev–Trinajstić information content (AvgIpc) is 2.74. The van der Waals surface area contributed by atoms with Crippen LogP contribution in [0.5, 0.6) is 5.75 Å². The van der Waals surface area contributed by atoms with Crippen molar-refractivity contribution < 1.29 is 4.74 Å². The van der Waals surface area contributed by atoms with Gasteiger partial charge in [0, 0.05) is 27.9 Å². The number of thiophene rings is 1. The average molecular weight is 347 g/mol. The molecule has 0 aliphatic carbocycles. The number of rotatable bonds is 4. The summed E-state index contributed by atoms with van der Waals surface area (Å²) in [5, 5.41) is 0.654. The van der Waals surface area contributed by atoms with Crippen LogP contribution >= 0.6 is 38.9 Å². The Kier molecular flexibility index (Phi) is 4.67. The van der Waals surface area contributed by atoms with Gasteiger partial charge in [0.05, 0.1) is 10.9 Å². The van der Waals surface area contributed by atoms with Crippen LogP contribution in [-0.2, 0) is 6.42 Å². The fraction of sp³-hybridized carbons (Fsp3) is 0.231. The first-order valence-electron chi connectivity index (χ1n) is 5.43. The van der Waals surface area contributed by atoms with E-state index in [1.165, 1.54) is 4.88 Å². The minimum atomic E-state index is -0.0947. The predicted octanol–water partition coefficient (Wildman–Crippen LogP) is 4.42. The molecule has 0 saturated heterocycles. The number of benzene rings is 1. The third-order valence-electron chi connectivity index (χ3n) is 2.64. The normalized spacial score (nSPS) is 12.4. The van der Waals surface area contributed by atoms with E-state index in [-0.39, 0.29) is 6.04 Å². The van der Waals surface area contributed by atoms with E-state index < -0.39 is 0 Å². The summed E-state index contributed by atoms with van der Waals surface area (Å²) in [4.78, 5) is 1.24. The fourth-order valence-corrected chi connectivity index (χ4v) is 3.48. The number of ether oxygens (including phenoxy) is 1. The van der Waals surface area contributed by atoms with Gasteiger partial charge in [0.15, 0.2) is 0 Å². The molecule has 96 valence electrons. The first kappa shape index (κ1) is 13.9. The van der Waals surface area contributed by atoms with E-state index in [9.17, 15) is 0 Å². The molecular formula is C13H13BrClNOS. The monoisotopic (exact) mass is 345 g/mol. The molecule has 0 saturated carbocycles. The summed E-state index contributed by atoms with van der Waals surface area (Å²) in [5.41, 5.74) is 7.21. The summed E-state index contributed by atoms with van der Waals surface area (Å²) < 4.78 is 6.44. The Bertz CT molecular complexity index is 544. The maximum absolute atomic E-state index is 6.23. The van der Waals surface area contributed by atoms with Gasteiger partial charge in [-0.15, -0.1) is 11.3 Å². The molecule has 2 aromatic rings. The summed E-state index contributed by atoms with van der Waals surface area (Å²) in [6.45, 7) is 0. The molecule has 0 amide bonds. The van der Waals surface area contributed by atoms with E-state index in [1.54, 1.807) is 24.5 Å². The van der Waals surface area contributed by atoms with Crippen LogP contribution in [0, 0.1) is 0 Å². The summed E-state index contributed by atoms with van der Waals surface area (Å²) in [7, 11) is 1.63. The highest BCUT2D eigenvalue weighted by atomic mass is 79.9. The maximum Gasteiger partial charge on any atom is 0.125 e. The minimum absolute atomic E-state index is 0.0947. The van der Waals surface area contributed by atoms with Gasteiger partial charge in [0.2, 0.25) is 0 Å². The highest BCUT2D eigenvalue weighted by Crippen LogP contribution is 2.31. The van der Waals surface area contributed by atoms with Crippen molar-refractivity contribution in [2.45, 2.75) is 12.5 Å². The van der Waals surface area contributed by atoms with Crippen molar-refractivity contribution in [3.63, 3.8) is 0 Å². The standard InChI is InChI=1S/C13H13BrClNOS/c1-17-12-6-8(15)2-4-10(12)11(16)7-9-3-5-13(14)18-9/h2-6,11H,7,16H2,1H3. The predicted molar refractivity (Wildman–Crippen MR) is 80.7 cm³/mol. The molecule has 18 heavy (non-hydrogen) atoms. The SMILES string of the molecule is COc1cc(Cl)ccc1C(N)Cc1ccc(Br)s1. The van der Waals surface area contributed by atoms with Crippen LogP contribution in [0.3, 0.4) is 0 Å². The van der Waals surface area contributed by atoms with Gasteiger partial charge in [-0.05, 0) is 40.2 Å². The van der Waals surface area contributed by atoms with Crippen LogP contribution in [0.15, 0.2) is 34.1 Å². The molecule has 0 spiro atoms. The second-order valence-corrected chi connectivity index (χ2v) is 6.89. The maximum atomic E-state index is 6.23. The largest absolute Gasteiger partial charge is 0.496 e. The van der Waals surface area contributed by atoms with Crippen LogP contribution in [0.25, 0.3) is 0 Å². The summed E-state index contributed by atoms with van der Waals surface area (Å²) >= 11 is 11.1. The molecule has 0 radical (unpaired) electrons. The van der Waals surface area contributed by atoms with Crippen molar-refractivity contribution in [1.29, 1.82) is 0 Å². The van der Waals surface area contributed by atoms with Gasteiger partial charge in [0.25, 0.3) is 0 Å². The van der Waals surface area contributed by atoms with Crippen molar-refractivity contribution in [2.24, 2.45) is 5.73 Å². The zero-order valence-electron chi connectivity index (χ0n) is 9.82. The lowest BCUT2D eigenvalue weighted by molar-refractivity contribution is 0.405. The lowest BCUT2D eigenvalue weighted by Gasteiger charge is -2.15. The Labute approximate surface area is 124 Å². The van der Waals surface area contributed by atoms with Crippen LogP contribution in [0.2, 0.25) is 5.02 Å². The van der Waals surface area contributed by atoms with Crippen LogP contribution in [-0.4, -0.2) is 7.11 Å². The molecule has 2 N–H and O–H groups in total. The van der Waals surface area contributed by atoms with Crippen LogP contribution in [0.1, 0.15) is 16.5 Å². The molecule has 0 bridgehead atoms. The highest BCUT2D eigenvalue weighted by Gasteiger charge is 2.14. The number of nitrogens with two attached hydrogens (primary N) is 1. The molecular weight excluding hydrogens is 334 g/mol. The van der Waals surface area contributed by atoms with Crippen molar-refractivity contribution in [3.8, 4) is 5.75 Å². The third-order valence-corrected chi connectivity index (χ3v) is 4.53. The molecule has 1 aromatic heterocycles. The molecule has 1 unspecified atom stereocenters. The van der Waals surface area contributed by atoms with Gasteiger partial charge in [0.1, 0.15) is 5.75 Å². The van der Waals surface area contributed by atoms with Gasteiger partial charge in [-0.1, -0.05) is 17.7 Å². The number of hydrogen-bond donors (Lipinski definition) is 1. The molecule has 1 aromatic carbocycles. The van der Waals surface area contributed by atoms with Gasteiger partial charge >= 0.3 is 0 Å². The minimum Gasteiger partial charge on any atom is -0.496 e. The van der Waals surface area contributed by atoms with E-state index >= 15 is 0 Å². The number of halogens is 2. The van der Waals surface area contributed by atoms with Gasteiger partial charge in [-0.2, -0.15) is 0 Å². The van der Waals surface area contributed by atoms with Crippen molar-refractivity contribution in [2.75, 3.05) is 7.11 Å². The molecule has 0 aliphatic heterocycles. The summed E-state index contributed by atoms with van der Waals surface area (Å²) in [5.74, 6) is 0.741. The smallest absolute Gasteiger partial charge is 0.125 e. The van der Waals surface area contributed by atoms with E-state index in [2.05, 4.69) is 22.0 Å². The lowest BCUT2D eigenvalue weighted by Crippen LogP contribution is -2.13. The first-order valence-corrected chi connectivity index (χ1v) is 7.42. The molecule has 1 atom stereocenters. The second-order valence-electron chi connectivity index (χ2n) is 3.90. The summed E-state index contributed by atoms with van der Waals surface area (Å²) in [6.07, 6.45) is 0.786. The Hall–Kier alpha value is -0.550. The van der Waals surface area contributed by atoms with Crippen LogP contribution in [0.4, 0.5) is 0 Å². The Morgan fingerprint density at radius 3 is 2.78 bits per heavy atom. The molecule has 2 rings (SSSR count). The molecule has 0 aliphatic rings. The lowest BCUT2D eigenvalue weighted by atomic mass is 10.0. The quantitative estimate of drug-likeness (QED) is 0.889. The Morgan fingerprint density at radius 1 is 1.39 bits per heavy atom. The van der Waals surface area contributed by atoms with E-state index in [0.717, 1.165) is 21.5 Å². The molecule has 1 heterocycles. The number of hydrogen-bond acceptors (Lipinski definition) is 3. The van der Waals surface area contributed by atoms with E-state index in [4.69, 9.17) is 22.1 Å². The Morgan fingerprint density at radius 2 is 2.17 bits per heavy atom. The van der Waals surface area contributed by atoms with E-state index in [0.29, 0.717) is 5.02 Å². The topological polar surface area (TPSA) is 35.2 Å². The van der Waals surface area contributed by atoms with E-state index in [1.807, 2.05) is 18.2 Å². The fourth-order valence-electron chi connectivity index (χ4n) is 1.78. The second kappa shape index (κ2) is 6.06.